The van der Waals surface area contributed by atoms with Gasteiger partial charge in [0.05, 0.1) is 17.5 Å². The summed E-state index contributed by atoms with van der Waals surface area (Å²) in [5, 5.41) is 24.0. The fourth-order valence-electron chi connectivity index (χ4n) is 3.85. The molecule has 12 heteroatoms. The van der Waals surface area contributed by atoms with E-state index in [-0.39, 0.29) is 24.6 Å². The number of urea groups is 1. The molecule has 5 N–H and O–H groups in total. The molecule has 4 rings (SSSR count). The Morgan fingerprint density at radius 3 is 2.53 bits per heavy atom. The molecule has 0 saturated carbocycles. The molecule has 2 heterocycles. The van der Waals surface area contributed by atoms with Crippen LogP contribution in [0.1, 0.15) is 30.4 Å². The number of aliphatic hydroxyl groups excluding tert-OH is 1. The largest absolute Gasteiger partial charge is 0.416 e. The Morgan fingerprint density at radius 2 is 1.79 bits per heavy atom. The molecule has 0 spiro atoms. The van der Waals surface area contributed by atoms with Gasteiger partial charge in [0.15, 0.2) is 0 Å². The third-order valence-electron chi connectivity index (χ3n) is 5.67. The predicted molar refractivity (Wildman–Crippen MR) is 137 cm³/mol. The number of dihydropyridines is 1. The zero-order valence-electron chi connectivity index (χ0n) is 20.1. The van der Waals surface area contributed by atoms with Crippen molar-refractivity contribution in [1.82, 2.24) is 15.5 Å². The fourth-order valence-corrected chi connectivity index (χ4v) is 3.85. The highest BCUT2D eigenvalue weighted by Crippen LogP contribution is 2.32. The van der Waals surface area contributed by atoms with Crippen molar-refractivity contribution in [3.63, 3.8) is 0 Å². The molecule has 3 aromatic rings. The van der Waals surface area contributed by atoms with Crippen LogP contribution in [-0.2, 0) is 11.0 Å². The molecule has 3 amide bonds. The van der Waals surface area contributed by atoms with E-state index in [1.54, 1.807) is 30.5 Å². The number of hydrogen-bond donors (Lipinski definition) is 5. The van der Waals surface area contributed by atoms with E-state index >= 15 is 0 Å². The maximum absolute atomic E-state index is 12.7. The third kappa shape index (κ3) is 6.85. The van der Waals surface area contributed by atoms with Gasteiger partial charge in [-0.2, -0.15) is 18.3 Å². The van der Waals surface area contributed by atoms with Crippen molar-refractivity contribution < 1.29 is 27.9 Å². The number of alkyl halides is 3. The lowest BCUT2D eigenvalue weighted by atomic mass is 9.97. The Balaban J connectivity index is 1.45. The van der Waals surface area contributed by atoms with E-state index in [2.05, 4.69) is 31.1 Å². The van der Waals surface area contributed by atoms with Crippen LogP contribution in [0.3, 0.4) is 0 Å². The number of H-pyrrole nitrogens is 1. The second-order valence-electron chi connectivity index (χ2n) is 8.46. The third-order valence-corrected chi connectivity index (χ3v) is 5.67. The molecule has 0 atom stereocenters. The number of nitrogens with zero attached hydrogens (tertiary/aromatic N) is 2. The van der Waals surface area contributed by atoms with Gasteiger partial charge >= 0.3 is 12.2 Å². The van der Waals surface area contributed by atoms with Crippen LogP contribution in [0, 0.1) is 0 Å². The lowest BCUT2D eigenvalue weighted by molar-refractivity contribution is -0.137. The lowest BCUT2D eigenvalue weighted by Gasteiger charge is -2.15. The molecule has 0 bridgehead atoms. The van der Waals surface area contributed by atoms with Gasteiger partial charge in [0.2, 0.25) is 5.91 Å². The first-order chi connectivity index (χ1) is 18.2. The van der Waals surface area contributed by atoms with E-state index < -0.39 is 17.8 Å². The van der Waals surface area contributed by atoms with E-state index in [1.165, 1.54) is 12.1 Å². The molecule has 0 saturated heterocycles. The van der Waals surface area contributed by atoms with Gasteiger partial charge in [-0.15, -0.1) is 0 Å². The van der Waals surface area contributed by atoms with Crippen LogP contribution < -0.4 is 16.0 Å². The number of carbonyl (C=O) groups is 2. The lowest BCUT2D eigenvalue weighted by Crippen LogP contribution is -2.30. The predicted octanol–water partition coefficient (Wildman–Crippen LogP) is 4.81. The summed E-state index contributed by atoms with van der Waals surface area (Å²) in [6.07, 6.45) is 0.207. The number of amidine groups is 1. The minimum absolute atomic E-state index is 0.0655. The number of hydrogen-bond acceptors (Lipinski definition) is 5. The number of carbonyl (C=O) groups excluding carboxylic acids is 2. The number of rotatable bonds is 7. The van der Waals surface area contributed by atoms with Crippen molar-refractivity contribution in [3.8, 4) is 11.3 Å². The summed E-state index contributed by atoms with van der Waals surface area (Å²) < 4.78 is 38.2. The van der Waals surface area contributed by atoms with Crippen molar-refractivity contribution >= 4 is 34.7 Å². The van der Waals surface area contributed by atoms with E-state index in [0.717, 1.165) is 28.8 Å². The molecule has 0 radical (unpaired) electrons. The zero-order chi connectivity index (χ0) is 27.1. The van der Waals surface area contributed by atoms with Gasteiger partial charge in [-0.1, -0.05) is 12.1 Å². The second-order valence-corrected chi connectivity index (χ2v) is 8.46. The molecule has 1 aliphatic rings. The van der Waals surface area contributed by atoms with Crippen LogP contribution in [0.2, 0.25) is 0 Å². The molecule has 1 aromatic heterocycles. The minimum Gasteiger partial charge on any atom is -0.396 e. The Labute approximate surface area is 215 Å². The normalized spacial score (nSPS) is 13.4. The van der Waals surface area contributed by atoms with Crippen LogP contribution in [0.5, 0.6) is 0 Å². The summed E-state index contributed by atoms with van der Waals surface area (Å²) in [4.78, 5) is 28.8. The quantitative estimate of drug-likeness (QED) is 0.302. The van der Waals surface area contributed by atoms with Crippen molar-refractivity contribution in [1.29, 1.82) is 0 Å². The van der Waals surface area contributed by atoms with Crippen molar-refractivity contribution in [3.05, 3.63) is 71.9 Å². The van der Waals surface area contributed by atoms with Crippen LogP contribution in [-0.4, -0.2) is 46.2 Å². The molecule has 38 heavy (non-hydrogen) atoms. The Bertz CT molecular complexity index is 1360. The smallest absolute Gasteiger partial charge is 0.396 e. The molecular weight excluding hydrogens is 501 g/mol. The summed E-state index contributed by atoms with van der Waals surface area (Å²) in [7, 11) is 0. The van der Waals surface area contributed by atoms with E-state index in [4.69, 9.17) is 5.11 Å². The molecular formula is C26H25F3N6O3. The standard InChI is InChI=1S/C26H25F3N6O3/c27-26(28,29)18-6-8-19(9-7-18)32-25(38)33-20-4-1-3-17(13-20)24-21(15-31-35-24)16-10-11-30-22(14-16)34-23(37)5-2-12-36/h1,3-4,6-9,13-15,36H,2,5,10-12H2,(H,31,35)(H,30,34,37)(H2,32,33,38). The number of aliphatic imine (C=N–C) groups is 1. The first kappa shape index (κ1) is 26.6. The molecule has 198 valence electrons. The van der Waals surface area contributed by atoms with E-state index in [0.29, 0.717) is 36.6 Å². The fraction of sp³-hybridized carbons (Fsp3) is 0.231. The number of aromatic nitrogens is 2. The minimum atomic E-state index is -4.46. The molecule has 2 aromatic carbocycles. The SMILES string of the molecule is O=C(CCCO)NC1=NCCC(c2cn[nH]c2-c2cccc(NC(=O)Nc3ccc(C(F)(F)F)cc3)c2)=C1. The van der Waals surface area contributed by atoms with Crippen LogP contribution in [0.4, 0.5) is 29.3 Å². The van der Waals surface area contributed by atoms with Crippen molar-refractivity contribution in [2.24, 2.45) is 4.99 Å². The molecule has 9 nitrogen and oxygen atoms in total. The zero-order valence-corrected chi connectivity index (χ0v) is 20.1. The monoisotopic (exact) mass is 526 g/mol. The van der Waals surface area contributed by atoms with E-state index in [9.17, 15) is 22.8 Å². The van der Waals surface area contributed by atoms with Crippen LogP contribution >= 0.6 is 0 Å². The maximum Gasteiger partial charge on any atom is 0.416 e. The Hall–Kier alpha value is -4.45. The second kappa shape index (κ2) is 11.7. The topological polar surface area (TPSA) is 132 Å². The van der Waals surface area contributed by atoms with Gasteiger partial charge < -0.3 is 21.1 Å². The van der Waals surface area contributed by atoms with Gasteiger partial charge in [0, 0.05) is 42.1 Å². The van der Waals surface area contributed by atoms with Gasteiger partial charge in [-0.25, -0.2) is 4.79 Å². The van der Waals surface area contributed by atoms with Crippen molar-refractivity contribution in [2.45, 2.75) is 25.4 Å². The summed E-state index contributed by atoms with van der Waals surface area (Å²) >= 11 is 0. The molecule has 0 aliphatic carbocycles. The number of nitrogens with one attached hydrogen (secondary N) is 4. The number of amides is 3. The van der Waals surface area contributed by atoms with Crippen molar-refractivity contribution in [2.75, 3.05) is 23.8 Å². The molecule has 0 unspecified atom stereocenters. The van der Waals surface area contributed by atoms with Crippen LogP contribution in [0.25, 0.3) is 16.8 Å². The first-order valence-corrected chi connectivity index (χ1v) is 11.8. The molecule has 0 fully saturated rings. The summed E-state index contributed by atoms with van der Waals surface area (Å²) in [6, 6.07) is 10.5. The van der Waals surface area contributed by atoms with Gasteiger partial charge in [0.25, 0.3) is 0 Å². The number of aromatic amines is 1. The average Bonchev–Trinajstić information content (AvgIpc) is 3.38. The first-order valence-electron chi connectivity index (χ1n) is 11.8. The van der Waals surface area contributed by atoms with Gasteiger partial charge in [-0.05, 0) is 60.9 Å². The van der Waals surface area contributed by atoms with E-state index in [1.807, 2.05) is 6.07 Å². The number of benzene rings is 2. The Morgan fingerprint density at radius 1 is 1.03 bits per heavy atom. The Kier molecular flexibility index (Phi) is 8.22. The molecule has 1 aliphatic heterocycles. The number of halogens is 3. The van der Waals surface area contributed by atoms with Crippen LogP contribution in [0.15, 0.2) is 65.8 Å². The number of anilines is 2. The average molecular weight is 527 g/mol. The highest BCUT2D eigenvalue weighted by Gasteiger charge is 2.30. The summed E-state index contributed by atoms with van der Waals surface area (Å²) in [5.74, 6) is 0.216. The highest BCUT2D eigenvalue weighted by atomic mass is 19.4. The summed E-state index contributed by atoms with van der Waals surface area (Å²) in [5.41, 5.74) is 3.05. The van der Waals surface area contributed by atoms with Gasteiger partial charge in [0.1, 0.15) is 5.84 Å². The summed E-state index contributed by atoms with van der Waals surface area (Å²) in [6.45, 7) is 0.418. The highest BCUT2D eigenvalue weighted by molar-refractivity contribution is 6.09. The van der Waals surface area contributed by atoms with Gasteiger partial charge in [-0.3, -0.25) is 14.9 Å². The maximum atomic E-state index is 12.7. The number of aliphatic hydroxyl groups is 1.